The zero-order chi connectivity index (χ0) is 15.5. The van der Waals surface area contributed by atoms with Crippen LogP contribution in [-0.2, 0) is 6.42 Å². The van der Waals surface area contributed by atoms with Crippen molar-refractivity contribution in [3.8, 4) is 5.88 Å². The number of aromatic amines is 1. The minimum atomic E-state index is 0.139. The van der Waals surface area contributed by atoms with E-state index in [0.29, 0.717) is 12.1 Å². The van der Waals surface area contributed by atoms with Crippen molar-refractivity contribution >= 4 is 44.6 Å². The van der Waals surface area contributed by atoms with Crippen molar-refractivity contribution in [3.63, 3.8) is 0 Å². The van der Waals surface area contributed by atoms with Crippen LogP contribution < -0.4 is 0 Å². The van der Waals surface area contributed by atoms with E-state index in [1.807, 2.05) is 42.5 Å². The first-order valence-electron chi connectivity index (χ1n) is 6.88. The van der Waals surface area contributed by atoms with E-state index in [1.54, 1.807) is 6.21 Å². The number of halogens is 2. The summed E-state index contributed by atoms with van der Waals surface area (Å²) in [7, 11) is 0. The van der Waals surface area contributed by atoms with Crippen LogP contribution in [0.3, 0.4) is 0 Å². The predicted molar refractivity (Wildman–Crippen MR) is 95.3 cm³/mol. The van der Waals surface area contributed by atoms with E-state index >= 15 is 0 Å². The van der Waals surface area contributed by atoms with Gasteiger partial charge in [-0.15, -0.1) is 0 Å². The summed E-state index contributed by atoms with van der Waals surface area (Å²) in [6, 6.07) is 13.6. The SMILES string of the molecule is Oc1[nH]c2ccc(Br)cc2c1C=NCCc1cccc(Cl)c1. The van der Waals surface area contributed by atoms with Gasteiger partial charge in [-0.3, -0.25) is 4.99 Å². The molecule has 0 saturated heterocycles. The zero-order valence-electron chi connectivity index (χ0n) is 11.7. The van der Waals surface area contributed by atoms with Gasteiger partial charge in [0.25, 0.3) is 0 Å². The topological polar surface area (TPSA) is 48.4 Å². The summed E-state index contributed by atoms with van der Waals surface area (Å²) < 4.78 is 0.965. The van der Waals surface area contributed by atoms with E-state index in [4.69, 9.17) is 11.6 Å². The highest BCUT2D eigenvalue weighted by atomic mass is 79.9. The molecule has 0 aliphatic heterocycles. The van der Waals surface area contributed by atoms with Crippen molar-refractivity contribution in [1.29, 1.82) is 0 Å². The standard InChI is InChI=1S/C17H14BrClN2O/c18-12-4-5-16-14(9-12)15(17(22)21-16)10-20-7-6-11-2-1-3-13(19)8-11/h1-5,8-10,21-22H,6-7H2. The van der Waals surface area contributed by atoms with Crippen molar-refractivity contribution in [2.24, 2.45) is 4.99 Å². The molecule has 0 bridgehead atoms. The highest BCUT2D eigenvalue weighted by Gasteiger charge is 2.08. The third kappa shape index (κ3) is 3.34. The maximum absolute atomic E-state index is 10.00. The van der Waals surface area contributed by atoms with Gasteiger partial charge in [-0.25, -0.2) is 0 Å². The van der Waals surface area contributed by atoms with Crippen molar-refractivity contribution in [1.82, 2.24) is 4.98 Å². The molecular weight excluding hydrogens is 364 g/mol. The molecule has 0 aliphatic rings. The Morgan fingerprint density at radius 2 is 2.09 bits per heavy atom. The first-order valence-corrected chi connectivity index (χ1v) is 8.05. The Balaban J connectivity index is 1.75. The van der Waals surface area contributed by atoms with Crippen molar-refractivity contribution in [2.75, 3.05) is 6.54 Å². The van der Waals surface area contributed by atoms with Crippen LogP contribution in [0.1, 0.15) is 11.1 Å². The molecule has 2 aromatic carbocycles. The van der Waals surface area contributed by atoms with Gasteiger partial charge in [0, 0.05) is 33.2 Å². The summed E-state index contributed by atoms with van der Waals surface area (Å²) in [6.07, 6.45) is 2.52. The quantitative estimate of drug-likeness (QED) is 0.621. The Labute approximate surface area is 141 Å². The molecule has 1 aromatic heterocycles. The second kappa shape index (κ2) is 6.55. The Morgan fingerprint density at radius 1 is 1.23 bits per heavy atom. The average Bonchev–Trinajstić information content (AvgIpc) is 2.79. The number of H-pyrrole nitrogens is 1. The van der Waals surface area contributed by atoms with Gasteiger partial charge in [0.1, 0.15) is 0 Å². The Hall–Kier alpha value is -1.78. The molecule has 0 unspecified atom stereocenters. The Bertz CT molecular complexity index is 842. The van der Waals surface area contributed by atoms with Crippen LogP contribution in [0.5, 0.6) is 5.88 Å². The lowest BCUT2D eigenvalue weighted by Gasteiger charge is -1.99. The van der Waals surface area contributed by atoms with E-state index in [1.165, 1.54) is 0 Å². The minimum Gasteiger partial charge on any atom is -0.494 e. The van der Waals surface area contributed by atoms with E-state index < -0.39 is 0 Å². The second-order valence-electron chi connectivity index (χ2n) is 4.99. The van der Waals surface area contributed by atoms with Crippen LogP contribution in [0.2, 0.25) is 5.02 Å². The van der Waals surface area contributed by atoms with Gasteiger partial charge in [0.15, 0.2) is 5.88 Å². The summed E-state index contributed by atoms with van der Waals surface area (Å²) in [5, 5.41) is 11.7. The van der Waals surface area contributed by atoms with Crippen LogP contribution in [0.15, 0.2) is 51.9 Å². The highest BCUT2D eigenvalue weighted by molar-refractivity contribution is 9.10. The molecule has 0 saturated carbocycles. The maximum Gasteiger partial charge on any atom is 0.198 e. The number of hydrogen-bond donors (Lipinski definition) is 2. The molecule has 0 spiro atoms. The molecule has 112 valence electrons. The Kier molecular flexibility index (Phi) is 4.50. The number of aliphatic imine (C=N–C) groups is 1. The van der Waals surface area contributed by atoms with Gasteiger partial charge in [-0.2, -0.15) is 0 Å². The molecule has 5 heteroatoms. The van der Waals surface area contributed by atoms with Gasteiger partial charge in [-0.1, -0.05) is 39.7 Å². The number of aromatic hydroxyl groups is 1. The molecular formula is C17H14BrClN2O. The molecule has 22 heavy (non-hydrogen) atoms. The number of nitrogens with zero attached hydrogens (tertiary/aromatic N) is 1. The fourth-order valence-corrected chi connectivity index (χ4v) is 2.92. The molecule has 0 atom stereocenters. The number of aromatic nitrogens is 1. The normalized spacial score (nSPS) is 11.5. The van der Waals surface area contributed by atoms with Crippen molar-refractivity contribution < 1.29 is 5.11 Å². The second-order valence-corrected chi connectivity index (χ2v) is 6.34. The van der Waals surface area contributed by atoms with Crippen LogP contribution >= 0.6 is 27.5 Å². The smallest absolute Gasteiger partial charge is 0.198 e. The zero-order valence-corrected chi connectivity index (χ0v) is 14.0. The number of fused-ring (bicyclic) bond motifs is 1. The lowest BCUT2D eigenvalue weighted by atomic mass is 10.1. The van der Waals surface area contributed by atoms with E-state index in [0.717, 1.165) is 32.4 Å². The van der Waals surface area contributed by atoms with Gasteiger partial charge in [0.2, 0.25) is 0 Å². The first kappa shape index (κ1) is 15.1. The molecule has 0 fully saturated rings. The predicted octanol–water partition coefficient (Wildman–Crippen LogP) is 4.95. The van der Waals surface area contributed by atoms with Crippen LogP contribution in [0, 0.1) is 0 Å². The minimum absolute atomic E-state index is 0.139. The van der Waals surface area contributed by atoms with E-state index in [2.05, 4.69) is 25.9 Å². The number of hydrogen-bond acceptors (Lipinski definition) is 2. The third-order valence-electron chi connectivity index (χ3n) is 3.42. The van der Waals surface area contributed by atoms with E-state index in [9.17, 15) is 5.11 Å². The number of nitrogens with one attached hydrogen (secondary N) is 1. The first-order chi connectivity index (χ1) is 10.6. The Morgan fingerprint density at radius 3 is 2.91 bits per heavy atom. The maximum atomic E-state index is 10.00. The molecule has 0 radical (unpaired) electrons. The molecule has 0 amide bonds. The van der Waals surface area contributed by atoms with Crippen molar-refractivity contribution in [2.45, 2.75) is 6.42 Å². The lowest BCUT2D eigenvalue weighted by molar-refractivity contribution is 0.457. The van der Waals surface area contributed by atoms with Crippen LogP contribution in [0.25, 0.3) is 10.9 Å². The summed E-state index contributed by atoms with van der Waals surface area (Å²) in [6.45, 7) is 0.639. The molecule has 3 nitrogen and oxygen atoms in total. The van der Waals surface area contributed by atoms with Gasteiger partial charge >= 0.3 is 0 Å². The largest absolute Gasteiger partial charge is 0.494 e. The third-order valence-corrected chi connectivity index (χ3v) is 4.15. The number of rotatable bonds is 4. The summed E-state index contributed by atoms with van der Waals surface area (Å²) in [4.78, 5) is 7.36. The average molecular weight is 378 g/mol. The van der Waals surface area contributed by atoms with Gasteiger partial charge in [0.05, 0.1) is 5.56 Å². The summed E-state index contributed by atoms with van der Waals surface area (Å²) in [5.41, 5.74) is 2.75. The fraction of sp³-hybridized carbons (Fsp3) is 0.118. The number of benzene rings is 2. The highest BCUT2D eigenvalue weighted by Crippen LogP contribution is 2.28. The van der Waals surface area contributed by atoms with Crippen LogP contribution in [-0.4, -0.2) is 22.8 Å². The van der Waals surface area contributed by atoms with E-state index in [-0.39, 0.29) is 5.88 Å². The summed E-state index contributed by atoms with van der Waals surface area (Å²) in [5.74, 6) is 0.139. The molecule has 2 N–H and O–H groups in total. The molecule has 0 aliphatic carbocycles. The monoisotopic (exact) mass is 376 g/mol. The lowest BCUT2D eigenvalue weighted by Crippen LogP contribution is -1.90. The summed E-state index contributed by atoms with van der Waals surface area (Å²) >= 11 is 9.40. The molecule has 3 aromatic rings. The van der Waals surface area contributed by atoms with Gasteiger partial charge in [-0.05, 0) is 42.3 Å². The molecule has 3 rings (SSSR count). The van der Waals surface area contributed by atoms with Crippen molar-refractivity contribution in [3.05, 3.63) is 63.1 Å². The van der Waals surface area contributed by atoms with Crippen LogP contribution in [0.4, 0.5) is 0 Å². The molecule has 1 heterocycles. The van der Waals surface area contributed by atoms with Gasteiger partial charge < -0.3 is 10.1 Å². The fourth-order valence-electron chi connectivity index (χ4n) is 2.34.